The third-order valence-corrected chi connectivity index (χ3v) is 13.7. The highest BCUT2D eigenvalue weighted by molar-refractivity contribution is 6.28. The summed E-state index contributed by atoms with van der Waals surface area (Å²) in [5.74, 6) is 1.22. The van der Waals surface area contributed by atoms with Gasteiger partial charge in [-0.3, -0.25) is 0 Å². The van der Waals surface area contributed by atoms with Crippen molar-refractivity contribution in [3.8, 4) is 28.1 Å². The molecule has 8 aromatic carbocycles. The lowest BCUT2D eigenvalue weighted by molar-refractivity contribution is 0.661. The molecule has 0 saturated heterocycles. The Morgan fingerprint density at radius 1 is 0.547 bits per heavy atom. The number of benzene rings is 8. The molecule has 1 fully saturated rings. The number of fused-ring (bicyclic) bond motifs is 14. The number of hydrogen-bond acceptors (Lipinski definition) is 1. The third kappa shape index (κ3) is 3.52. The highest BCUT2D eigenvalue weighted by Gasteiger charge is 2.41. The van der Waals surface area contributed by atoms with Gasteiger partial charge < -0.3 is 4.57 Å². The predicted octanol–water partition coefficient (Wildman–Crippen LogP) is 13.6. The summed E-state index contributed by atoms with van der Waals surface area (Å²) in [6, 6.07) is 50.6. The van der Waals surface area contributed by atoms with E-state index in [2.05, 4.69) is 152 Å². The first-order chi connectivity index (χ1) is 26.0. The summed E-state index contributed by atoms with van der Waals surface area (Å²) in [6.07, 6.45) is 3.83. The molecule has 0 amide bonds. The van der Waals surface area contributed by atoms with Crippen LogP contribution in [0.15, 0.2) is 133 Å². The zero-order valence-corrected chi connectivity index (χ0v) is 29.9. The zero-order chi connectivity index (χ0) is 34.7. The number of para-hydroxylation sites is 1. The Balaban J connectivity index is 1.03. The summed E-state index contributed by atoms with van der Waals surface area (Å²) in [5, 5.41) is 11.9. The van der Waals surface area contributed by atoms with Crippen LogP contribution >= 0.6 is 0 Å². The summed E-state index contributed by atoms with van der Waals surface area (Å²) in [5.41, 5.74) is 15.9. The van der Waals surface area contributed by atoms with Crippen LogP contribution in [0.5, 0.6) is 0 Å². The summed E-state index contributed by atoms with van der Waals surface area (Å²) >= 11 is 0. The van der Waals surface area contributed by atoms with Gasteiger partial charge in [-0.15, -0.1) is 0 Å². The summed E-state index contributed by atoms with van der Waals surface area (Å²) in [4.78, 5) is 5.70. The van der Waals surface area contributed by atoms with Crippen molar-refractivity contribution >= 4 is 65.0 Å². The Bertz CT molecular complexity index is 3220. The molecule has 2 heteroatoms. The molecular formula is C51H36N2. The molecule has 1 saturated carbocycles. The number of pyridine rings is 1. The van der Waals surface area contributed by atoms with E-state index in [1.54, 1.807) is 5.56 Å². The fourth-order valence-corrected chi connectivity index (χ4v) is 11.4. The Labute approximate surface area is 307 Å². The van der Waals surface area contributed by atoms with Crippen LogP contribution < -0.4 is 0 Å². The zero-order valence-electron chi connectivity index (χ0n) is 29.9. The van der Waals surface area contributed by atoms with Gasteiger partial charge in [0, 0.05) is 38.2 Å². The molecule has 2 aromatic heterocycles. The van der Waals surface area contributed by atoms with Gasteiger partial charge in [-0.25, -0.2) is 4.98 Å². The smallest absolute Gasteiger partial charge is 0.0791 e. The Morgan fingerprint density at radius 2 is 1.30 bits per heavy atom. The van der Waals surface area contributed by atoms with Crippen molar-refractivity contribution in [2.75, 3.05) is 0 Å². The van der Waals surface area contributed by atoms with E-state index >= 15 is 0 Å². The minimum absolute atomic E-state index is 0.0551. The average Bonchev–Trinajstić information content (AvgIpc) is 3.96. The first-order valence-electron chi connectivity index (χ1n) is 19.4. The quantitative estimate of drug-likeness (QED) is 0.132. The molecule has 0 spiro atoms. The molecule has 3 aliphatic carbocycles. The summed E-state index contributed by atoms with van der Waals surface area (Å²) in [7, 11) is 0. The highest BCUT2D eigenvalue weighted by atomic mass is 15.0. The molecule has 53 heavy (non-hydrogen) atoms. The van der Waals surface area contributed by atoms with Crippen molar-refractivity contribution in [1.82, 2.24) is 9.55 Å². The van der Waals surface area contributed by atoms with Crippen LogP contribution in [0.4, 0.5) is 0 Å². The maximum absolute atomic E-state index is 5.70. The molecule has 2 heterocycles. The molecule has 0 N–H and O–H groups in total. The van der Waals surface area contributed by atoms with Gasteiger partial charge in [-0.2, -0.15) is 0 Å². The average molecular weight is 677 g/mol. The van der Waals surface area contributed by atoms with Crippen LogP contribution in [-0.4, -0.2) is 9.55 Å². The van der Waals surface area contributed by atoms with Crippen molar-refractivity contribution in [3.05, 3.63) is 156 Å². The minimum Gasteiger partial charge on any atom is -0.309 e. The maximum Gasteiger partial charge on any atom is 0.0791 e. The highest BCUT2D eigenvalue weighted by Crippen LogP contribution is 2.58. The molecule has 2 atom stereocenters. The van der Waals surface area contributed by atoms with Gasteiger partial charge in [-0.1, -0.05) is 111 Å². The molecule has 0 radical (unpaired) electrons. The van der Waals surface area contributed by atoms with Crippen LogP contribution in [0.25, 0.3) is 93.1 Å². The number of rotatable bonds is 2. The lowest BCUT2D eigenvalue weighted by atomic mass is 9.82. The van der Waals surface area contributed by atoms with Crippen molar-refractivity contribution in [2.45, 2.75) is 50.4 Å². The van der Waals surface area contributed by atoms with E-state index < -0.39 is 0 Å². The van der Waals surface area contributed by atoms with E-state index in [0.717, 1.165) is 0 Å². The standard InChI is InChI=1S/C51H36N2/c1-51(2)41-12-5-3-10-35(41)38-26-39-36-11-4-6-13-43(36)53(44(39)27-42(38)51)34-21-18-30(19-22-34)49-48-32-17-16-31(24-32)47(48)40-25-33-15-14-28-8-7-9-29-20-23-37(50(40)52-49)46(33)45(28)29/h3-15,18-23,25-27,31-32H,16-17,24H2,1-2H3. The number of nitrogens with zero attached hydrogens (tertiary/aromatic N) is 2. The molecule has 2 nitrogen and oxygen atoms in total. The third-order valence-electron chi connectivity index (χ3n) is 13.7. The molecule has 13 rings (SSSR count). The predicted molar refractivity (Wildman–Crippen MR) is 222 cm³/mol. The second-order valence-electron chi connectivity index (χ2n) is 16.6. The molecule has 2 bridgehead atoms. The first-order valence-corrected chi connectivity index (χ1v) is 19.4. The van der Waals surface area contributed by atoms with Gasteiger partial charge >= 0.3 is 0 Å². The lowest BCUT2D eigenvalue weighted by Gasteiger charge is -2.23. The molecular weight excluding hydrogens is 641 g/mol. The number of aromatic nitrogens is 2. The van der Waals surface area contributed by atoms with Gasteiger partial charge in [0.15, 0.2) is 0 Å². The van der Waals surface area contributed by atoms with Gasteiger partial charge in [0.1, 0.15) is 0 Å². The molecule has 2 unspecified atom stereocenters. The van der Waals surface area contributed by atoms with Crippen LogP contribution in [0, 0.1) is 0 Å². The van der Waals surface area contributed by atoms with E-state index in [-0.39, 0.29) is 5.41 Å². The topological polar surface area (TPSA) is 17.8 Å². The van der Waals surface area contributed by atoms with E-state index in [0.29, 0.717) is 11.8 Å². The Morgan fingerprint density at radius 3 is 2.17 bits per heavy atom. The second-order valence-corrected chi connectivity index (χ2v) is 16.6. The van der Waals surface area contributed by atoms with Crippen molar-refractivity contribution in [3.63, 3.8) is 0 Å². The fraction of sp³-hybridized carbons (Fsp3) is 0.157. The van der Waals surface area contributed by atoms with Crippen LogP contribution in [-0.2, 0) is 5.41 Å². The van der Waals surface area contributed by atoms with Crippen molar-refractivity contribution in [2.24, 2.45) is 0 Å². The molecule has 250 valence electrons. The van der Waals surface area contributed by atoms with E-state index in [1.807, 2.05) is 0 Å². The van der Waals surface area contributed by atoms with Gasteiger partial charge in [-0.05, 0) is 128 Å². The summed E-state index contributed by atoms with van der Waals surface area (Å²) < 4.78 is 2.48. The maximum atomic E-state index is 5.70. The van der Waals surface area contributed by atoms with Crippen molar-refractivity contribution < 1.29 is 0 Å². The Kier molecular flexibility index (Phi) is 5.23. The largest absolute Gasteiger partial charge is 0.309 e. The Hall–Kier alpha value is -5.99. The van der Waals surface area contributed by atoms with Gasteiger partial charge in [0.2, 0.25) is 0 Å². The first kappa shape index (κ1) is 28.6. The second kappa shape index (κ2) is 9.70. The van der Waals surface area contributed by atoms with E-state index in [1.165, 1.54) is 129 Å². The molecule has 3 aliphatic rings. The lowest BCUT2D eigenvalue weighted by Crippen LogP contribution is -2.14. The molecule has 0 aliphatic heterocycles. The van der Waals surface area contributed by atoms with E-state index in [9.17, 15) is 0 Å². The van der Waals surface area contributed by atoms with Gasteiger partial charge in [0.25, 0.3) is 0 Å². The van der Waals surface area contributed by atoms with Gasteiger partial charge in [0.05, 0.1) is 22.2 Å². The fourth-order valence-electron chi connectivity index (χ4n) is 11.4. The SMILES string of the molecule is CC1(C)c2ccccc2-c2cc3c4ccccc4n(-c4ccc(-c5nc6c(cc7ccc8cccc9ccc6c7c89)c6c5C5CCC6C5)cc4)c3cc21. The number of hydrogen-bond donors (Lipinski definition) is 0. The van der Waals surface area contributed by atoms with Crippen LogP contribution in [0.3, 0.4) is 0 Å². The molecule has 10 aromatic rings. The van der Waals surface area contributed by atoms with Crippen LogP contribution in [0.2, 0.25) is 0 Å². The summed E-state index contributed by atoms with van der Waals surface area (Å²) in [6.45, 7) is 4.75. The monoisotopic (exact) mass is 676 g/mol. The van der Waals surface area contributed by atoms with Crippen molar-refractivity contribution in [1.29, 1.82) is 0 Å². The minimum atomic E-state index is -0.0551. The van der Waals surface area contributed by atoms with Crippen LogP contribution in [0.1, 0.15) is 67.2 Å². The van der Waals surface area contributed by atoms with E-state index in [4.69, 9.17) is 4.98 Å². The normalized spacial score (nSPS) is 18.3.